The SMILES string of the molecule is CCCCCCCCCCC(=O)c1ccc(CC)cc1. The fourth-order valence-corrected chi connectivity index (χ4v) is 2.49. The Balaban J connectivity index is 2.10. The molecule has 0 heterocycles. The molecule has 0 aliphatic heterocycles. The maximum Gasteiger partial charge on any atom is 0.162 e. The van der Waals surface area contributed by atoms with Crippen molar-refractivity contribution in [2.24, 2.45) is 0 Å². The summed E-state index contributed by atoms with van der Waals surface area (Å²) in [4.78, 5) is 12.0. The molecule has 1 nitrogen and oxygen atoms in total. The van der Waals surface area contributed by atoms with Crippen LogP contribution in [0.5, 0.6) is 0 Å². The van der Waals surface area contributed by atoms with Crippen molar-refractivity contribution >= 4 is 5.78 Å². The third-order valence-electron chi connectivity index (χ3n) is 3.94. The zero-order chi connectivity index (χ0) is 14.6. The minimum absolute atomic E-state index is 0.304. The first-order valence-corrected chi connectivity index (χ1v) is 8.40. The van der Waals surface area contributed by atoms with Gasteiger partial charge in [-0.05, 0) is 18.4 Å². The van der Waals surface area contributed by atoms with Crippen LogP contribution in [-0.2, 0) is 6.42 Å². The molecule has 0 aliphatic carbocycles. The molecule has 0 saturated carbocycles. The number of carbonyl (C=O) groups excluding carboxylic acids is 1. The number of hydrogen-bond donors (Lipinski definition) is 0. The van der Waals surface area contributed by atoms with Gasteiger partial charge in [0, 0.05) is 12.0 Å². The number of benzene rings is 1. The number of unbranched alkanes of at least 4 members (excludes halogenated alkanes) is 7. The summed E-state index contributed by atoms with van der Waals surface area (Å²) in [5.41, 5.74) is 2.18. The van der Waals surface area contributed by atoms with Crippen molar-refractivity contribution in [2.75, 3.05) is 0 Å². The van der Waals surface area contributed by atoms with Crippen LogP contribution in [0.4, 0.5) is 0 Å². The largest absolute Gasteiger partial charge is 0.294 e. The molecule has 1 heteroatoms. The molecule has 0 aliphatic rings. The molecule has 1 aromatic carbocycles. The van der Waals surface area contributed by atoms with Crippen LogP contribution in [-0.4, -0.2) is 5.78 Å². The van der Waals surface area contributed by atoms with Gasteiger partial charge in [0.15, 0.2) is 5.78 Å². The third kappa shape index (κ3) is 6.88. The first-order valence-electron chi connectivity index (χ1n) is 8.40. The van der Waals surface area contributed by atoms with Crippen LogP contribution in [0.3, 0.4) is 0 Å². The van der Waals surface area contributed by atoms with Gasteiger partial charge < -0.3 is 0 Å². The summed E-state index contributed by atoms with van der Waals surface area (Å²) in [5, 5.41) is 0. The van der Waals surface area contributed by atoms with Gasteiger partial charge in [-0.25, -0.2) is 0 Å². The van der Waals surface area contributed by atoms with Gasteiger partial charge in [0.1, 0.15) is 0 Å². The van der Waals surface area contributed by atoms with Gasteiger partial charge in [0.25, 0.3) is 0 Å². The summed E-state index contributed by atoms with van der Waals surface area (Å²) in [6.07, 6.45) is 12.0. The Hall–Kier alpha value is -1.11. The van der Waals surface area contributed by atoms with Gasteiger partial charge in [0.05, 0.1) is 0 Å². The summed E-state index contributed by atoms with van der Waals surface area (Å²) < 4.78 is 0. The van der Waals surface area contributed by atoms with E-state index in [0.717, 1.165) is 18.4 Å². The summed E-state index contributed by atoms with van der Waals surface area (Å²) in [6.45, 7) is 4.38. The second-order valence-electron chi connectivity index (χ2n) is 5.70. The lowest BCUT2D eigenvalue weighted by molar-refractivity contribution is 0.0979. The van der Waals surface area contributed by atoms with Crippen molar-refractivity contribution < 1.29 is 4.79 Å². The van der Waals surface area contributed by atoms with E-state index in [-0.39, 0.29) is 0 Å². The van der Waals surface area contributed by atoms with E-state index in [2.05, 4.69) is 26.0 Å². The van der Waals surface area contributed by atoms with E-state index in [9.17, 15) is 4.79 Å². The molecular formula is C19H30O. The first kappa shape index (κ1) is 16.9. The van der Waals surface area contributed by atoms with Crippen LogP contribution in [0.2, 0.25) is 0 Å². The molecule has 0 aromatic heterocycles. The highest BCUT2D eigenvalue weighted by atomic mass is 16.1. The lowest BCUT2D eigenvalue weighted by Gasteiger charge is -2.03. The van der Waals surface area contributed by atoms with Gasteiger partial charge in [-0.2, -0.15) is 0 Å². The second-order valence-corrected chi connectivity index (χ2v) is 5.70. The fraction of sp³-hybridized carbons (Fsp3) is 0.632. The minimum Gasteiger partial charge on any atom is -0.294 e. The van der Waals surface area contributed by atoms with E-state index >= 15 is 0 Å². The molecule has 0 N–H and O–H groups in total. The van der Waals surface area contributed by atoms with Crippen molar-refractivity contribution in [1.82, 2.24) is 0 Å². The predicted octanol–water partition coefficient (Wildman–Crippen LogP) is 5.96. The highest BCUT2D eigenvalue weighted by Gasteiger charge is 2.05. The Morgan fingerprint density at radius 1 is 0.800 bits per heavy atom. The van der Waals surface area contributed by atoms with Crippen molar-refractivity contribution in [1.29, 1.82) is 0 Å². The van der Waals surface area contributed by atoms with E-state index < -0.39 is 0 Å². The highest BCUT2D eigenvalue weighted by Crippen LogP contribution is 2.13. The lowest BCUT2D eigenvalue weighted by Crippen LogP contribution is -1.99. The molecule has 0 bridgehead atoms. The van der Waals surface area contributed by atoms with Gasteiger partial charge in [-0.15, -0.1) is 0 Å². The van der Waals surface area contributed by atoms with Crippen LogP contribution in [0.15, 0.2) is 24.3 Å². The third-order valence-corrected chi connectivity index (χ3v) is 3.94. The number of ketones is 1. The molecule has 0 fully saturated rings. The van der Waals surface area contributed by atoms with E-state index in [0.29, 0.717) is 12.2 Å². The topological polar surface area (TPSA) is 17.1 Å². The molecule has 0 atom stereocenters. The number of Topliss-reactive ketones (excluding diaryl/α,β-unsaturated/α-hetero) is 1. The maximum absolute atomic E-state index is 12.0. The zero-order valence-electron chi connectivity index (χ0n) is 13.3. The van der Waals surface area contributed by atoms with Gasteiger partial charge in [0.2, 0.25) is 0 Å². The smallest absolute Gasteiger partial charge is 0.162 e. The summed E-state index contributed by atoms with van der Waals surface area (Å²) in [5.74, 6) is 0.304. The molecular weight excluding hydrogens is 244 g/mol. The molecule has 1 rings (SSSR count). The monoisotopic (exact) mass is 274 g/mol. The molecule has 20 heavy (non-hydrogen) atoms. The summed E-state index contributed by atoms with van der Waals surface area (Å²) >= 11 is 0. The Morgan fingerprint density at radius 3 is 1.90 bits per heavy atom. The van der Waals surface area contributed by atoms with Crippen LogP contribution in [0.25, 0.3) is 0 Å². The summed E-state index contributed by atoms with van der Waals surface area (Å²) in [6, 6.07) is 8.10. The average molecular weight is 274 g/mol. The van der Waals surface area contributed by atoms with Crippen molar-refractivity contribution in [3.05, 3.63) is 35.4 Å². The maximum atomic E-state index is 12.0. The summed E-state index contributed by atoms with van der Waals surface area (Å²) in [7, 11) is 0. The Bertz CT molecular complexity index is 364. The van der Waals surface area contributed by atoms with Crippen LogP contribution >= 0.6 is 0 Å². The van der Waals surface area contributed by atoms with E-state index in [1.165, 1.54) is 50.5 Å². The number of carbonyl (C=O) groups is 1. The molecule has 0 saturated heterocycles. The Morgan fingerprint density at radius 2 is 1.35 bits per heavy atom. The zero-order valence-corrected chi connectivity index (χ0v) is 13.3. The number of rotatable bonds is 11. The van der Waals surface area contributed by atoms with Crippen molar-refractivity contribution in [3.8, 4) is 0 Å². The fourth-order valence-electron chi connectivity index (χ4n) is 2.49. The highest BCUT2D eigenvalue weighted by molar-refractivity contribution is 5.96. The Kier molecular flexibility index (Phi) is 9.02. The quantitative estimate of drug-likeness (QED) is 0.359. The minimum atomic E-state index is 0.304. The predicted molar refractivity (Wildman–Crippen MR) is 87.4 cm³/mol. The Labute approximate surface area is 124 Å². The molecule has 0 spiro atoms. The average Bonchev–Trinajstić information content (AvgIpc) is 2.50. The lowest BCUT2D eigenvalue weighted by atomic mass is 10.0. The molecule has 1 aromatic rings. The number of aryl methyl sites for hydroxylation is 1. The van der Waals surface area contributed by atoms with Gasteiger partial charge in [-0.3, -0.25) is 4.79 Å². The van der Waals surface area contributed by atoms with Crippen LogP contribution in [0.1, 0.15) is 87.6 Å². The molecule has 112 valence electrons. The van der Waals surface area contributed by atoms with Crippen molar-refractivity contribution in [2.45, 2.75) is 78.1 Å². The normalized spacial score (nSPS) is 10.7. The van der Waals surface area contributed by atoms with E-state index in [1.807, 2.05) is 12.1 Å². The second kappa shape index (κ2) is 10.7. The van der Waals surface area contributed by atoms with E-state index in [4.69, 9.17) is 0 Å². The van der Waals surface area contributed by atoms with Gasteiger partial charge in [-0.1, -0.05) is 83.1 Å². The van der Waals surface area contributed by atoms with Crippen LogP contribution < -0.4 is 0 Å². The van der Waals surface area contributed by atoms with Crippen LogP contribution in [0, 0.1) is 0 Å². The van der Waals surface area contributed by atoms with Crippen molar-refractivity contribution in [3.63, 3.8) is 0 Å². The van der Waals surface area contributed by atoms with Gasteiger partial charge >= 0.3 is 0 Å². The van der Waals surface area contributed by atoms with E-state index in [1.54, 1.807) is 0 Å². The first-order chi connectivity index (χ1) is 9.77. The molecule has 0 amide bonds. The molecule has 0 unspecified atom stereocenters. The molecule has 0 radical (unpaired) electrons. The number of hydrogen-bond acceptors (Lipinski definition) is 1. The standard InChI is InChI=1S/C19H30O/c1-3-5-6-7-8-9-10-11-12-19(20)18-15-13-17(4-2)14-16-18/h13-16H,3-12H2,1-2H3.